The Kier molecular flexibility index (Phi) is 5.19. The fourth-order valence-corrected chi connectivity index (χ4v) is 2.88. The van der Waals surface area contributed by atoms with Crippen LogP contribution in [0.5, 0.6) is 0 Å². The number of aromatic nitrogens is 2. The van der Waals surface area contributed by atoms with Gasteiger partial charge in [0.15, 0.2) is 5.16 Å². The number of benzene rings is 1. The van der Waals surface area contributed by atoms with Crippen LogP contribution in [0.25, 0.3) is 0 Å². The first-order chi connectivity index (χ1) is 9.94. The number of nitrogens with one attached hydrogen (secondary N) is 1. The standard InChI is InChI=1S/C14H15BrN4OS/c1-8-6-12(16)19-14(17-8)21-9(2)13(20)18-11-5-3-4-10(15)7-11/h3-7,9H,1-2H3,(H,18,20)(H2,16,17,19)/t9-/m1/s1. The fourth-order valence-electron chi connectivity index (χ4n) is 1.64. The van der Waals surface area contributed by atoms with Gasteiger partial charge in [-0.15, -0.1) is 0 Å². The maximum atomic E-state index is 12.2. The van der Waals surface area contributed by atoms with E-state index in [0.717, 1.165) is 15.9 Å². The van der Waals surface area contributed by atoms with Crippen molar-refractivity contribution in [3.63, 3.8) is 0 Å². The van der Waals surface area contributed by atoms with Crippen molar-refractivity contribution < 1.29 is 4.79 Å². The molecular weight excluding hydrogens is 352 g/mol. The highest BCUT2D eigenvalue weighted by molar-refractivity contribution is 9.10. The van der Waals surface area contributed by atoms with Gasteiger partial charge in [0.2, 0.25) is 5.91 Å². The number of nitrogens with zero attached hydrogens (tertiary/aromatic N) is 2. The van der Waals surface area contributed by atoms with Crippen LogP contribution in [0.15, 0.2) is 40.0 Å². The molecule has 1 atom stereocenters. The molecule has 0 radical (unpaired) electrons. The second-order valence-corrected chi connectivity index (χ2v) is 6.70. The summed E-state index contributed by atoms with van der Waals surface area (Å²) in [5, 5.41) is 3.03. The van der Waals surface area contributed by atoms with Gasteiger partial charge >= 0.3 is 0 Å². The van der Waals surface area contributed by atoms with Gasteiger partial charge in [-0.05, 0) is 32.0 Å². The molecule has 0 saturated carbocycles. The Morgan fingerprint density at radius 2 is 2.14 bits per heavy atom. The van der Waals surface area contributed by atoms with Gasteiger partial charge in [-0.2, -0.15) is 0 Å². The molecular formula is C14H15BrN4OS. The van der Waals surface area contributed by atoms with Crippen molar-refractivity contribution in [2.45, 2.75) is 24.3 Å². The smallest absolute Gasteiger partial charge is 0.237 e. The number of carbonyl (C=O) groups is 1. The third-order valence-corrected chi connectivity index (χ3v) is 4.05. The predicted octanol–water partition coefficient (Wildman–Crippen LogP) is 3.25. The number of anilines is 2. The number of hydrogen-bond donors (Lipinski definition) is 2. The van der Waals surface area contributed by atoms with Crippen LogP contribution in [0, 0.1) is 6.92 Å². The van der Waals surface area contributed by atoms with Crippen LogP contribution in [0.3, 0.4) is 0 Å². The van der Waals surface area contributed by atoms with E-state index in [-0.39, 0.29) is 11.2 Å². The number of thioether (sulfide) groups is 1. The largest absolute Gasteiger partial charge is 0.384 e. The molecule has 1 aromatic carbocycles. The minimum Gasteiger partial charge on any atom is -0.384 e. The highest BCUT2D eigenvalue weighted by atomic mass is 79.9. The molecule has 0 aliphatic rings. The molecule has 5 nitrogen and oxygen atoms in total. The lowest BCUT2D eigenvalue weighted by Gasteiger charge is -2.11. The molecule has 2 aromatic rings. The minimum absolute atomic E-state index is 0.109. The Hall–Kier alpha value is -1.60. The Balaban J connectivity index is 2.02. The molecule has 0 bridgehead atoms. The first-order valence-electron chi connectivity index (χ1n) is 6.28. The molecule has 0 aliphatic carbocycles. The van der Waals surface area contributed by atoms with Gasteiger partial charge in [-0.3, -0.25) is 4.79 Å². The summed E-state index contributed by atoms with van der Waals surface area (Å²) < 4.78 is 0.912. The van der Waals surface area contributed by atoms with E-state index in [4.69, 9.17) is 5.73 Å². The Labute approximate surface area is 135 Å². The van der Waals surface area contributed by atoms with Gasteiger partial charge in [-0.1, -0.05) is 33.8 Å². The number of amides is 1. The number of aryl methyl sites for hydroxylation is 1. The number of carbonyl (C=O) groups excluding carboxylic acids is 1. The maximum Gasteiger partial charge on any atom is 0.237 e. The van der Waals surface area contributed by atoms with Gasteiger partial charge < -0.3 is 11.1 Å². The summed E-state index contributed by atoms with van der Waals surface area (Å²) in [5.41, 5.74) is 7.21. The molecule has 1 aromatic heterocycles. The summed E-state index contributed by atoms with van der Waals surface area (Å²) >= 11 is 4.65. The topological polar surface area (TPSA) is 80.9 Å². The second-order valence-electron chi connectivity index (χ2n) is 4.48. The van der Waals surface area contributed by atoms with E-state index in [1.165, 1.54) is 11.8 Å². The van der Waals surface area contributed by atoms with E-state index in [0.29, 0.717) is 11.0 Å². The number of rotatable bonds is 4. The van der Waals surface area contributed by atoms with Gasteiger partial charge in [0.05, 0.1) is 5.25 Å². The molecule has 21 heavy (non-hydrogen) atoms. The van der Waals surface area contributed by atoms with Crippen LogP contribution >= 0.6 is 27.7 Å². The molecule has 0 fully saturated rings. The van der Waals surface area contributed by atoms with Crippen molar-refractivity contribution in [2.75, 3.05) is 11.1 Å². The summed E-state index contributed by atoms with van der Waals surface area (Å²) in [6, 6.07) is 9.13. The third-order valence-electron chi connectivity index (χ3n) is 2.60. The van der Waals surface area contributed by atoms with Gasteiger partial charge in [0.1, 0.15) is 5.82 Å². The molecule has 110 valence electrons. The van der Waals surface area contributed by atoms with E-state index < -0.39 is 0 Å². The van der Waals surface area contributed by atoms with Crippen molar-refractivity contribution in [1.29, 1.82) is 0 Å². The summed E-state index contributed by atoms with van der Waals surface area (Å²) in [6.45, 7) is 3.65. The first kappa shape index (κ1) is 15.8. The lowest BCUT2D eigenvalue weighted by molar-refractivity contribution is -0.115. The monoisotopic (exact) mass is 366 g/mol. The quantitative estimate of drug-likeness (QED) is 0.641. The van der Waals surface area contributed by atoms with Gasteiger partial charge in [0.25, 0.3) is 0 Å². The summed E-state index contributed by atoms with van der Waals surface area (Å²) in [6.07, 6.45) is 0. The van der Waals surface area contributed by atoms with Crippen molar-refractivity contribution in [3.05, 3.63) is 40.5 Å². The Morgan fingerprint density at radius 3 is 2.81 bits per heavy atom. The molecule has 1 amide bonds. The molecule has 0 aliphatic heterocycles. The number of nitrogens with two attached hydrogens (primary N) is 1. The zero-order valence-electron chi connectivity index (χ0n) is 11.6. The zero-order chi connectivity index (χ0) is 15.4. The van der Waals surface area contributed by atoms with Crippen molar-refractivity contribution in [3.8, 4) is 0 Å². The zero-order valence-corrected chi connectivity index (χ0v) is 14.0. The van der Waals surface area contributed by atoms with Crippen LogP contribution in [-0.2, 0) is 4.79 Å². The van der Waals surface area contributed by atoms with E-state index in [9.17, 15) is 4.79 Å². The molecule has 3 N–H and O–H groups in total. The SMILES string of the molecule is Cc1cc(N)nc(S[C@H](C)C(=O)Nc2cccc(Br)c2)n1. The summed E-state index contributed by atoms with van der Waals surface area (Å²) in [7, 11) is 0. The summed E-state index contributed by atoms with van der Waals surface area (Å²) in [4.78, 5) is 20.5. The molecule has 1 heterocycles. The van der Waals surface area contributed by atoms with Gasteiger partial charge in [-0.25, -0.2) is 9.97 Å². The molecule has 0 saturated heterocycles. The Morgan fingerprint density at radius 1 is 1.38 bits per heavy atom. The van der Waals surface area contributed by atoms with E-state index in [1.807, 2.05) is 31.2 Å². The van der Waals surface area contributed by atoms with Crippen LogP contribution in [0.4, 0.5) is 11.5 Å². The average Bonchev–Trinajstić information content (AvgIpc) is 2.37. The number of halogens is 1. The molecule has 2 rings (SSSR count). The lowest BCUT2D eigenvalue weighted by atomic mass is 10.3. The van der Waals surface area contributed by atoms with Gasteiger partial charge in [0, 0.05) is 21.9 Å². The molecule has 7 heteroatoms. The van der Waals surface area contributed by atoms with Crippen LogP contribution in [0.1, 0.15) is 12.6 Å². The van der Waals surface area contributed by atoms with E-state index in [2.05, 4.69) is 31.2 Å². The van der Waals surface area contributed by atoms with Crippen LogP contribution in [0.2, 0.25) is 0 Å². The Bertz CT molecular complexity index is 645. The van der Waals surface area contributed by atoms with E-state index >= 15 is 0 Å². The molecule has 0 unspecified atom stereocenters. The highest BCUT2D eigenvalue weighted by Gasteiger charge is 2.16. The number of nitrogen functional groups attached to an aromatic ring is 1. The average molecular weight is 367 g/mol. The lowest BCUT2D eigenvalue weighted by Crippen LogP contribution is -2.22. The van der Waals surface area contributed by atoms with Crippen molar-refractivity contribution >= 4 is 45.1 Å². The van der Waals surface area contributed by atoms with E-state index in [1.54, 1.807) is 13.0 Å². The summed E-state index contributed by atoms with van der Waals surface area (Å²) in [5.74, 6) is 0.298. The first-order valence-corrected chi connectivity index (χ1v) is 7.95. The van der Waals surface area contributed by atoms with Crippen LogP contribution in [-0.4, -0.2) is 21.1 Å². The fraction of sp³-hybridized carbons (Fsp3) is 0.214. The minimum atomic E-state index is -0.329. The predicted molar refractivity (Wildman–Crippen MR) is 89.3 cm³/mol. The van der Waals surface area contributed by atoms with Crippen LogP contribution < -0.4 is 11.1 Å². The number of hydrogen-bond acceptors (Lipinski definition) is 5. The van der Waals surface area contributed by atoms with Crippen molar-refractivity contribution in [2.24, 2.45) is 0 Å². The normalized spacial score (nSPS) is 12.0. The van der Waals surface area contributed by atoms with Crippen molar-refractivity contribution in [1.82, 2.24) is 9.97 Å². The highest BCUT2D eigenvalue weighted by Crippen LogP contribution is 2.22. The third kappa shape index (κ3) is 4.71. The second kappa shape index (κ2) is 6.91. The molecule has 0 spiro atoms. The maximum absolute atomic E-state index is 12.2.